The van der Waals surface area contributed by atoms with Gasteiger partial charge in [0.1, 0.15) is 17.5 Å². The molecule has 0 aliphatic rings. The Morgan fingerprint density at radius 1 is 1.59 bits per heavy atom. The summed E-state index contributed by atoms with van der Waals surface area (Å²) < 4.78 is 4.87. The van der Waals surface area contributed by atoms with Crippen LogP contribution in [0.15, 0.2) is 6.07 Å². The zero-order valence-corrected chi connectivity index (χ0v) is 10.3. The standard InChI is InChI=1S/C10H19N5O2/c1-7-12-9(14-11)4-10(13-7)15(2)5-8(16)6-17-3/h4,8,16H,5-6,11H2,1-3H3,(H,12,13,14). The number of aromatic nitrogens is 2. The van der Waals surface area contributed by atoms with Gasteiger partial charge in [-0.15, -0.1) is 0 Å². The molecule has 1 aromatic heterocycles. The van der Waals surface area contributed by atoms with Gasteiger partial charge in [-0.3, -0.25) is 0 Å². The van der Waals surface area contributed by atoms with Crippen LogP contribution in [-0.4, -0.2) is 48.5 Å². The van der Waals surface area contributed by atoms with Crippen LogP contribution in [0.1, 0.15) is 5.82 Å². The number of nitrogens with two attached hydrogens (primary N) is 1. The van der Waals surface area contributed by atoms with Crippen molar-refractivity contribution in [1.29, 1.82) is 0 Å². The first-order valence-electron chi connectivity index (χ1n) is 5.27. The molecular weight excluding hydrogens is 222 g/mol. The quantitative estimate of drug-likeness (QED) is 0.457. The highest BCUT2D eigenvalue weighted by molar-refractivity contribution is 5.48. The van der Waals surface area contributed by atoms with Crippen LogP contribution < -0.4 is 16.2 Å². The van der Waals surface area contributed by atoms with Gasteiger partial charge in [0.2, 0.25) is 0 Å². The van der Waals surface area contributed by atoms with Crippen LogP contribution in [0.5, 0.6) is 0 Å². The molecule has 1 aromatic rings. The van der Waals surface area contributed by atoms with Crippen molar-refractivity contribution >= 4 is 11.6 Å². The second-order valence-electron chi connectivity index (χ2n) is 3.79. The van der Waals surface area contributed by atoms with E-state index in [2.05, 4.69) is 15.4 Å². The smallest absolute Gasteiger partial charge is 0.145 e. The summed E-state index contributed by atoms with van der Waals surface area (Å²) in [5, 5.41) is 9.63. The minimum Gasteiger partial charge on any atom is -0.389 e. The van der Waals surface area contributed by atoms with Gasteiger partial charge >= 0.3 is 0 Å². The van der Waals surface area contributed by atoms with Crippen molar-refractivity contribution in [3.8, 4) is 0 Å². The third kappa shape index (κ3) is 4.14. The number of anilines is 2. The van der Waals surface area contributed by atoms with Crippen molar-refractivity contribution in [2.24, 2.45) is 5.84 Å². The van der Waals surface area contributed by atoms with Crippen LogP contribution in [0.3, 0.4) is 0 Å². The fourth-order valence-electron chi connectivity index (χ4n) is 1.48. The average Bonchev–Trinajstić information content (AvgIpc) is 2.28. The minimum absolute atomic E-state index is 0.288. The molecule has 0 fully saturated rings. The fourth-order valence-corrected chi connectivity index (χ4v) is 1.48. The summed E-state index contributed by atoms with van der Waals surface area (Å²) in [6.45, 7) is 2.49. The molecule has 17 heavy (non-hydrogen) atoms. The van der Waals surface area contributed by atoms with Crippen LogP contribution in [0.2, 0.25) is 0 Å². The zero-order chi connectivity index (χ0) is 12.8. The number of likely N-dealkylation sites (N-methyl/N-ethyl adjacent to an activating group) is 1. The Morgan fingerprint density at radius 2 is 2.29 bits per heavy atom. The molecule has 1 unspecified atom stereocenters. The van der Waals surface area contributed by atoms with Crippen molar-refractivity contribution in [3.63, 3.8) is 0 Å². The van der Waals surface area contributed by atoms with Gasteiger partial charge in [-0.25, -0.2) is 15.8 Å². The second-order valence-corrected chi connectivity index (χ2v) is 3.79. The number of nitrogens with one attached hydrogen (secondary N) is 1. The van der Waals surface area contributed by atoms with E-state index in [0.717, 1.165) is 0 Å². The lowest BCUT2D eigenvalue weighted by Crippen LogP contribution is -2.32. The first kappa shape index (κ1) is 13.6. The number of ether oxygens (including phenoxy) is 1. The van der Waals surface area contributed by atoms with Gasteiger partial charge < -0.3 is 20.2 Å². The van der Waals surface area contributed by atoms with Crippen molar-refractivity contribution < 1.29 is 9.84 Å². The summed E-state index contributed by atoms with van der Waals surface area (Å²) in [4.78, 5) is 10.2. The highest BCUT2D eigenvalue weighted by Crippen LogP contribution is 2.14. The Kier molecular flexibility index (Phi) is 5.08. The molecule has 0 aromatic carbocycles. The van der Waals surface area contributed by atoms with Crippen molar-refractivity contribution in [3.05, 3.63) is 11.9 Å². The number of hydrazine groups is 1. The van der Waals surface area contributed by atoms with Crippen molar-refractivity contribution in [2.75, 3.05) is 37.6 Å². The molecule has 7 heteroatoms. The molecule has 0 aliphatic carbocycles. The predicted molar refractivity (Wildman–Crippen MR) is 65.7 cm³/mol. The van der Waals surface area contributed by atoms with Gasteiger partial charge in [0.25, 0.3) is 0 Å². The van der Waals surface area contributed by atoms with E-state index in [1.54, 1.807) is 20.1 Å². The molecule has 0 bridgehead atoms. The Hall–Kier alpha value is -1.44. The van der Waals surface area contributed by atoms with E-state index in [4.69, 9.17) is 10.6 Å². The van der Waals surface area contributed by atoms with Crippen LogP contribution in [0.25, 0.3) is 0 Å². The first-order chi connectivity index (χ1) is 8.06. The highest BCUT2D eigenvalue weighted by Gasteiger charge is 2.11. The van der Waals surface area contributed by atoms with Crippen LogP contribution in [0.4, 0.5) is 11.6 Å². The van der Waals surface area contributed by atoms with Gasteiger partial charge in [0.05, 0.1) is 12.7 Å². The SMILES string of the molecule is COCC(O)CN(C)c1cc(NN)nc(C)n1. The number of hydrogen-bond acceptors (Lipinski definition) is 7. The van der Waals surface area contributed by atoms with Gasteiger partial charge in [-0.05, 0) is 6.92 Å². The molecule has 4 N–H and O–H groups in total. The Labute approximate surface area is 101 Å². The lowest BCUT2D eigenvalue weighted by atomic mass is 10.3. The lowest BCUT2D eigenvalue weighted by Gasteiger charge is -2.21. The Bertz CT molecular complexity index is 361. The maximum atomic E-state index is 9.63. The number of nitrogens with zero attached hydrogens (tertiary/aromatic N) is 3. The van der Waals surface area contributed by atoms with Gasteiger partial charge in [-0.1, -0.05) is 0 Å². The van der Waals surface area contributed by atoms with Crippen LogP contribution in [0, 0.1) is 6.92 Å². The molecule has 1 atom stereocenters. The third-order valence-electron chi connectivity index (χ3n) is 2.21. The third-order valence-corrected chi connectivity index (χ3v) is 2.21. The molecule has 1 heterocycles. The molecule has 0 aliphatic heterocycles. The average molecular weight is 241 g/mol. The van der Waals surface area contributed by atoms with E-state index < -0.39 is 6.10 Å². The second kappa shape index (κ2) is 6.33. The lowest BCUT2D eigenvalue weighted by molar-refractivity contribution is 0.0694. The van der Waals surface area contributed by atoms with Gasteiger partial charge in [-0.2, -0.15) is 0 Å². The number of aryl methyl sites for hydroxylation is 1. The van der Waals surface area contributed by atoms with Crippen LogP contribution in [-0.2, 0) is 4.74 Å². The number of aliphatic hydroxyl groups excluding tert-OH is 1. The number of nitrogen functional groups attached to an aromatic ring is 1. The molecule has 7 nitrogen and oxygen atoms in total. The summed E-state index contributed by atoms with van der Waals surface area (Å²) in [6.07, 6.45) is -0.561. The molecule has 1 rings (SSSR count). The molecule has 0 amide bonds. The van der Waals surface area contributed by atoms with Crippen molar-refractivity contribution in [2.45, 2.75) is 13.0 Å². The maximum Gasteiger partial charge on any atom is 0.145 e. The van der Waals surface area contributed by atoms with Crippen molar-refractivity contribution in [1.82, 2.24) is 9.97 Å². The number of methoxy groups -OCH3 is 1. The molecular formula is C10H19N5O2. The number of aliphatic hydroxyl groups is 1. The van der Waals surface area contributed by atoms with E-state index in [1.165, 1.54) is 0 Å². The summed E-state index contributed by atoms with van der Waals surface area (Å²) in [5.74, 6) is 7.16. The van der Waals surface area contributed by atoms with E-state index in [9.17, 15) is 5.11 Å². The van der Waals surface area contributed by atoms with E-state index in [1.807, 2.05) is 11.9 Å². The largest absolute Gasteiger partial charge is 0.389 e. The summed E-state index contributed by atoms with van der Waals surface area (Å²) in [7, 11) is 3.38. The fraction of sp³-hybridized carbons (Fsp3) is 0.600. The van der Waals surface area contributed by atoms with E-state index in [-0.39, 0.29) is 6.61 Å². The normalized spacial score (nSPS) is 12.3. The van der Waals surface area contributed by atoms with Gasteiger partial charge in [0, 0.05) is 26.8 Å². The molecule has 0 radical (unpaired) electrons. The predicted octanol–water partition coefficient (Wildman–Crippen LogP) is -0.486. The first-order valence-corrected chi connectivity index (χ1v) is 5.27. The summed E-state index contributed by atoms with van der Waals surface area (Å²) >= 11 is 0. The number of rotatable bonds is 6. The van der Waals surface area contributed by atoms with E-state index in [0.29, 0.717) is 24.0 Å². The van der Waals surface area contributed by atoms with Gasteiger partial charge in [0.15, 0.2) is 0 Å². The number of hydrogen-bond donors (Lipinski definition) is 3. The van der Waals surface area contributed by atoms with E-state index >= 15 is 0 Å². The molecule has 0 saturated carbocycles. The monoisotopic (exact) mass is 241 g/mol. The Balaban J connectivity index is 2.74. The zero-order valence-electron chi connectivity index (χ0n) is 10.3. The maximum absolute atomic E-state index is 9.63. The highest BCUT2D eigenvalue weighted by atomic mass is 16.5. The minimum atomic E-state index is -0.561. The molecule has 96 valence electrons. The van der Waals surface area contributed by atoms with Crippen LogP contribution >= 0.6 is 0 Å². The Morgan fingerprint density at radius 3 is 2.88 bits per heavy atom. The molecule has 0 spiro atoms. The topological polar surface area (TPSA) is 96.5 Å². The summed E-state index contributed by atoms with van der Waals surface area (Å²) in [6, 6.07) is 1.71. The summed E-state index contributed by atoms with van der Waals surface area (Å²) in [5.41, 5.74) is 2.48. The molecule has 0 saturated heterocycles.